The van der Waals surface area contributed by atoms with Gasteiger partial charge in [0.2, 0.25) is 0 Å². The molecule has 0 heterocycles. The maximum Gasteiger partial charge on any atom is 0.0159 e. The van der Waals surface area contributed by atoms with Gasteiger partial charge in [-0.15, -0.1) is 0 Å². The summed E-state index contributed by atoms with van der Waals surface area (Å²) in [6, 6.07) is 20.4. The third-order valence-corrected chi connectivity index (χ3v) is 7.12. The third-order valence-electron chi connectivity index (χ3n) is 7.12. The Morgan fingerprint density at radius 3 is 2.17 bits per heavy atom. The zero-order chi connectivity index (χ0) is 21.0. The highest BCUT2D eigenvalue weighted by molar-refractivity contribution is 5.98. The molecule has 0 atom stereocenters. The Morgan fingerprint density at radius 1 is 0.700 bits per heavy atom. The molecule has 0 bridgehead atoms. The van der Waals surface area contributed by atoms with Crippen molar-refractivity contribution in [2.24, 2.45) is 0 Å². The van der Waals surface area contributed by atoms with Crippen molar-refractivity contribution in [2.75, 3.05) is 0 Å². The fraction of sp³-hybridized carbons (Fsp3) is 0.267. The van der Waals surface area contributed by atoms with Gasteiger partial charge in [-0.2, -0.15) is 0 Å². The summed E-state index contributed by atoms with van der Waals surface area (Å²) in [7, 11) is 0. The van der Waals surface area contributed by atoms with Crippen LogP contribution in [0.25, 0.3) is 27.8 Å². The Balaban J connectivity index is 1.91. The first-order valence-electron chi connectivity index (χ1n) is 11.1. The molecule has 0 saturated carbocycles. The maximum atomic E-state index is 2.47. The van der Waals surface area contributed by atoms with E-state index in [1.54, 1.807) is 0 Å². The van der Waals surface area contributed by atoms with Gasteiger partial charge in [-0.1, -0.05) is 80.1 Å². The highest BCUT2D eigenvalue weighted by Crippen LogP contribution is 2.54. The van der Waals surface area contributed by atoms with E-state index in [-0.39, 0.29) is 5.41 Å². The van der Waals surface area contributed by atoms with E-state index < -0.39 is 0 Å². The van der Waals surface area contributed by atoms with Gasteiger partial charge in [0.05, 0.1) is 0 Å². The molecule has 0 nitrogen and oxygen atoms in total. The van der Waals surface area contributed by atoms with Crippen molar-refractivity contribution in [3.8, 4) is 22.3 Å². The lowest BCUT2D eigenvalue weighted by atomic mass is 9.77. The molecule has 0 saturated heterocycles. The molecule has 3 aromatic carbocycles. The lowest BCUT2D eigenvalue weighted by Crippen LogP contribution is -2.16. The van der Waals surface area contributed by atoms with Gasteiger partial charge in [0.25, 0.3) is 0 Å². The zero-order valence-corrected chi connectivity index (χ0v) is 18.8. The number of rotatable bonds is 2. The van der Waals surface area contributed by atoms with Crippen LogP contribution in [0.1, 0.15) is 61.4 Å². The van der Waals surface area contributed by atoms with Crippen LogP contribution in [0.3, 0.4) is 0 Å². The standard InChI is InChI=1S/C30H30/c1-19-15-16-24-26(17-19)30(4,5)27-18-25(22-12-7-6-8-13-22)21(3)28(29(24)27)23-14-10-9-11-20(23)2/h6-8,11-18H,9-10H2,1-5H3. The van der Waals surface area contributed by atoms with Crippen LogP contribution in [0.5, 0.6) is 0 Å². The second-order valence-corrected chi connectivity index (χ2v) is 9.47. The second-order valence-electron chi connectivity index (χ2n) is 9.47. The summed E-state index contributed by atoms with van der Waals surface area (Å²) in [6.07, 6.45) is 7.15. The molecule has 0 aromatic heterocycles. The Kier molecular flexibility index (Phi) is 4.36. The molecule has 0 heteroatoms. The molecule has 2 aliphatic rings. The molecule has 0 N–H and O–H groups in total. The summed E-state index contributed by atoms with van der Waals surface area (Å²) < 4.78 is 0. The van der Waals surface area contributed by atoms with Gasteiger partial charge >= 0.3 is 0 Å². The molecular weight excluding hydrogens is 360 g/mol. The van der Waals surface area contributed by atoms with Gasteiger partial charge in [0.15, 0.2) is 0 Å². The Bertz CT molecular complexity index is 1220. The predicted molar refractivity (Wildman–Crippen MR) is 130 cm³/mol. The van der Waals surface area contributed by atoms with Crippen LogP contribution in [0.4, 0.5) is 0 Å². The predicted octanol–water partition coefficient (Wildman–Crippen LogP) is 8.40. The van der Waals surface area contributed by atoms with E-state index in [0.29, 0.717) is 0 Å². The number of aryl methyl sites for hydroxylation is 1. The lowest BCUT2D eigenvalue weighted by Gasteiger charge is -2.26. The van der Waals surface area contributed by atoms with Crippen LogP contribution in [-0.4, -0.2) is 0 Å². The van der Waals surface area contributed by atoms with Gasteiger partial charge in [0, 0.05) is 5.41 Å². The first-order valence-corrected chi connectivity index (χ1v) is 11.1. The van der Waals surface area contributed by atoms with Crippen molar-refractivity contribution in [2.45, 2.75) is 52.9 Å². The van der Waals surface area contributed by atoms with E-state index in [9.17, 15) is 0 Å². The van der Waals surface area contributed by atoms with Crippen molar-refractivity contribution < 1.29 is 0 Å². The minimum Gasteiger partial charge on any atom is -0.0807 e. The normalized spacial score (nSPS) is 16.6. The summed E-state index contributed by atoms with van der Waals surface area (Å²) in [5.41, 5.74) is 15.5. The molecule has 0 aliphatic heterocycles. The summed E-state index contributed by atoms with van der Waals surface area (Å²) in [5.74, 6) is 0. The van der Waals surface area contributed by atoms with Crippen LogP contribution in [-0.2, 0) is 5.41 Å². The molecule has 30 heavy (non-hydrogen) atoms. The fourth-order valence-electron chi connectivity index (χ4n) is 5.44. The quantitative estimate of drug-likeness (QED) is 0.412. The van der Waals surface area contributed by atoms with Gasteiger partial charge in [-0.25, -0.2) is 0 Å². The summed E-state index contributed by atoms with van der Waals surface area (Å²) in [6.45, 7) is 11.6. The van der Waals surface area contributed by atoms with Gasteiger partial charge in [0.1, 0.15) is 0 Å². The van der Waals surface area contributed by atoms with E-state index in [1.807, 2.05) is 0 Å². The van der Waals surface area contributed by atoms with E-state index >= 15 is 0 Å². The van der Waals surface area contributed by atoms with Crippen molar-refractivity contribution in [1.82, 2.24) is 0 Å². The third kappa shape index (κ3) is 2.74. The van der Waals surface area contributed by atoms with Gasteiger partial charge in [-0.3, -0.25) is 0 Å². The van der Waals surface area contributed by atoms with Crippen molar-refractivity contribution >= 4 is 5.57 Å². The number of fused-ring (bicyclic) bond motifs is 3. The van der Waals surface area contributed by atoms with Crippen LogP contribution in [0.2, 0.25) is 0 Å². The highest BCUT2D eigenvalue weighted by atomic mass is 14.4. The van der Waals surface area contributed by atoms with E-state index in [4.69, 9.17) is 0 Å². The van der Waals surface area contributed by atoms with Crippen molar-refractivity contribution in [3.63, 3.8) is 0 Å². The van der Waals surface area contributed by atoms with Crippen LogP contribution >= 0.6 is 0 Å². The minimum absolute atomic E-state index is 0.00445. The first-order chi connectivity index (χ1) is 14.4. The zero-order valence-electron chi connectivity index (χ0n) is 18.8. The summed E-state index contributed by atoms with van der Waals surface area (Å²) >= 11 is 0. The number of allylic oxidation sites excluding steroid dienone is 4. The molecule has 2 aliphatic carbocycles. The van der Waals surface area contributed by atoms with Crippen molar-refractivity contribution in [1.29, 1.82) is 0 Å². The Morgan fingerprint density at radius 2 is 1.43 bits per heavy atom. The van der Waals surface area contributed by atoms with Crippen LogP contribution < -0.4 is 0 Å². The van der Waals surface area contributed by atoms with E-state index in [0.717, 1.165) is 12.8 Å². The second kappa shape index (κ2) is 6.84. The number of hydrogen-bond donors (Lipinski definition) is 0. The molecule has 0 fully saturated rings. The Labute approximate surface area is 181 Å². The molecule has 0 spiro atoms. The average Bonchev–Trinajstić information content (AvgIpc) is 2.95. The van der Waals surface area contributed by atoms with E-state index in [2.05, 4.69) is 101 Å². The molecular formula is C30H30. The van der Waals surface area contributed by atoms with Crippen LogP contribution in [0.15, 0.2) is 72.3 Å². The monoisotopic (exact) mass is 390 g/mol. The smallest absolute Gasteiger partial charge is 0.0159 e. The molecule has 0 unspecified atom stereocenters. The number of benzene rings is 3. The first kappa shape index (κ1) is 19.1. The Hall–Kier alpha value is -2.86. The molecule has 0 radical (unpaired) electrons. The molecule has 3 aromatic rings. The largest absolute Gasteiger partial charge is 0.0807 e. The van der Waals surface area contributed by atoms with Gasteiger partial charge < -0.3 is 0 Å². The van der Waals surface area contributed by atoms with Crippen LogP contribution in [0, 0.1) is 13.8 Å². The SMILES string of the molecule is CC1=CCCC=C1c1c(C)c(-c2ccccc2)cc2c1-c1ccc(C)cc1C2(C)C. The molecule has 5 rings (SSSR count). The topological polar surface area (TPSA) is 0 Å². The summed E-state index contributed by atoms with van der Waals surface area (Å²) in [4.78, 5) is 0. The van der Waals surface area contributed by atoms with Gasteiger partial charge in [-0.05, 0) is 95.3 Å². The highest BCUT2D eigenvalue weighted by Gasteiger charge is 2.38. The maximum absolute atomic E-state index is 2.47. The van der Waals surface area contributed by atoms with E-state index in [1.165, 1.54) is 61.2 Å². The van der Waals surface area contributed by atoms with Crippen molar-refractivity contribution in [3.05, 3.63) is 100 Å². The molecule has 0 amide bonds. The minimum atomic E-state index is -0.00445. The lowest BCUT2D eigenvalue weighted by molar-refractivity contribution is 0.659. The summed E-state index contributed by atoms with van der Waals surface area (Å²) in [5, 5.41) is 0. The number of hydrogen-bond acceptors (Lipinski definition) is 0. The average molecular weight is 391 g/mol. The molecule has 150 valence electrons. The fourth-order valence-corrected chi connectivity index (χ4v) is 5.44.